The Morgan fingerprint density at radius 2 is 2.00 bits per heavy atom. The SMILES string of the molecule is C#CCCC(O)C1(N(C)C)CCCC1. The molecule has 1 aliphatic carbocycles. The van der Waals surface area contributed by atoms with Crippen molar-refractivity contribution < 1.29 is 5.11 Å². The smallest absolute Gasteiger partial charge is 0.0732 e. The number of hydrogen-bond acceptors (Lipinski definition) is 2. The van der Waals surface area contributed by atoms with Gasteiger partial charge in [-0.2, -0.15) is 0 Å². The van der Waals surface area contributed by atoms with Crippen LogP contribution < -0.4 is 0 Å². The fraction of sp³-hybridized carbons (Fsp3) is 0.833. The third kappa shape index (κ3) is 2.10. The van der Waals surface area contributed by atoms with E-state index >= 15 is 0 Å². The molecule has 0 amide bonds. The number of terminal acetylenes is 1. The zero-order valence-electron chi connectivity index (χ0n) is 9.29. The highest BCUT2D eigenvalue weighted by atomic mass is 16.3. The van der Waals surface area contributed by atoms with Gasteiger partial charge in [0.2, 0.25) is 0 Å². The van der Waals surface area contributed by atoms with Gasteiger partial charge < -0.3 is 10.0 Å². The summed E-state index contributed by atoms with van der Waals surface area (Å²) in [6.45, 7) is 0. The van der Waals surface area contributed by atoms with Gasteiger partial charge in [-0.25, -0.2) is 0 Å². The Bertz CT molecular complexity index is 211. The van der Waals surface area contributed by atoms with E-state index in [4.69, 9.17) is 6.42 Å². The largest absolute Gasteiger partial charge is 0.391 e. The van der Waals surface area contributed by atoms with E-state index in [1.165, 1.54) is 12.8 Å². The molecule has 0 radical (unpaired) electrons. The Morgan fingerprint density at radius 1 is 1.43 bits per heavy atom. The minimum Gasteiger partial charge on any atom is -0.391 e. The first-order valence-corrected chi connectivity index (χ1v) is 5.42. The molecule has 1 aliphatic rings. The molecule has 2 nitrogen and oxygen atoms in total. The Hall–Kier alpha value is -0.520. The van der Waals surface area contributed by atoms with E-state index in [0.717, 1.165) is 19.3 Å². The fourth-order valence-corrected chi connectivity index (χ4v) is 2.55. The fourth-order valence-electron chi connectivity index (χ4n) is 2.55. The molecule has 1 atom stereocenters. The van der Waals surface area contributed by atoms with Crippen LogP contribution in [-0.4, -0.2) is 35.7 Å². The van der Waals surface area contributed by atoms with Gasteiger partial charge in [0, 0.05) is 12.0 Å². The van der Waals surface area contributed by atoms with Crippen LogP contribution in [-0.2, 0) is 0 Å². The van der Waals surface area contributed by atoms with E-state index in [1.807, 2.05) is 0 Å². The van der Waals surface area contributed by atoms with Crippen molar-refractivity contribution in [2.24, 2.45) is 0 Å². The first kappa shape index (κ1) is 11.6. The van der Waals surface area contributed by atoms with E-state index in [1.54, 1.807) is 0 Å². The number of aliphatic hydroxyl groups is 1. The van der Waals surface area contributed by atoms with Gasteiger partial charge in [0.25, 0.3) is 0 Å². The van der Waals surface area contributed by atoms with E-state index < -0.39 is 0 Å². The maximum atomic E-state index is 10.2. The summed E-state index contributed by atoms with van der Waals surface area (Å²) >= 11 is 0. The summed E-state index contributed by atoms with van der Waals surface area (Å²) in [6, 6.07) is 0. The van der Waals surface area contributed by atoms with E-state index in [0.29, 0.717) is 6.42 Å². The molecular weight excluding hydrogens is 174 g/mol. The normalized spacial score (nSPS) is 22.2. The van der Waals surface area contributed by atoms with Crippen LogP contribution in [0.4, 0.5) is 0 Å². The van der Waals surface area contributed by atoms with Crippen molar-refractivity contribution >= 4 is 0 Å². The molecule has 0 spiro atoms. The van der Waals surface area contributed by atoms with Crippen molar-refractivity contribution in [3.8, 4) is 12.3 Å². The Balaban J connectivity index is 2.63. The van der Waals surface area contributed by atoms with Gasteiger partial charge in [0.15, 0.2) is 0 Å². The van der Waals surface area contributed by atoms with Crippen LogP contribution in [0.2, 0.25) is 0 Å². The van der Waals surface area contributed by atoms with Gasteiger partial charge >= 0.3 is 0 Å². The molecule has 1 saturated carbocycles. The van der Waals surface area contributed by atoms with Crippen LogP contribution in [0.1, 0.15) is 38.5 Å². The standard InChI is InChI=1S/C12H21NO/c1-4-5-8-11(14)12(13(2)3)9-6-7-10-12/h1,11,14H,5-10H2,2-3H3. The van der Waals surface area contributed by atoms with Gasteiger partial charge in [0.05, 0.1) is 6.10 Å². The average molecular weight is 195 g/mol. The highest BCUT2D eigenvalue weighted by Crippen LogP contribution is 2.37. The lowest BCUT2D eigenvalue weighted by molar-refractivity contribution is -0.00687. The van der Waals surface area contributed by atoms with Crippen molar-refractivity contribution in [1.29, 1.82) is 0 Å². The molecular formula is C12H21NO. The van der Waals surface area contributed by atoms with Crippen LogP contribution >= 0.6 is 0 Å². The summed E-state index contributed by atoms with van der Waals surface area (Å²) in [6.07, 6.45) is 11.0. The second-order valence-corrected chi connectivity index (χ2v) is 4.46. The lowest BCUT2D eigenvalue weighted by Gasteiger charge is -2.40. The Morgan fingerprint density at radius 3 is 2.43 bits per heavy atom. The topological polar surface area (TPSA) is 23.5 Å². The first-order valence-electron chi connectivity index (χ1n) is 5.42. The number of hydrogen-bond donors (Lipinski definition) is 1. The average Bonchev–Trinajstić information content (AvgIpc) is 2.63. The molecule has 1 fully saturated rings. The predicted molar refractivity (Wildman–Crippen MR) is 59.0 cm³/mol. The Kier molecular flexibility index (Phi) is 3.97. The molecule has 0 heterocycles. The van der Waals surface area contributed by atoms with Crippen molar-refractivity contribution in [2.45, 2.75) is 50.2 Å². The molecule has 2 heteroatoms. The number of nitrogens with zero attached hydrogens (tertiary/aromatic N) is 1. The third-order valence-corrected chi connectivity index (χ3v) is 3.54. The zero-order chi connectivity index (χ0) is 10.6. The van der Waals surface area contributed by atoms with Crippen molar-refractivity contribution in [2.75, 3.05) is 14.1 Å². The van der Waals surface area contributed by atoms with Gasteiger partial charge in [-0.05, 0) is 33.4 Å². The molecule has 0 aliphatic heterocycles. The molecule has 0 aromatic carbocycles. The molecule has 14 heavy (non-hydrogen) atoms. The second kappa shape index (κ2) is 4.82. The summed E-state index contributed by atoms with van der Waals surface area (Å²) in [5.41, 5.74) is -0.00312. The summed E-state index contributed by atoms with van der Waals surface area (Å²) in [7, 11) is 4.12. The molecule has 0 aromatic heterocycles. The summed E-state index contributed by atoms with van der Waals surface area (Å²) in [4.78, 5) is 2.18. The monoisotopic (exact) mass is 195 g/mol. The molecule has 0 aromatic rings. The van der Waals surface area contributed by atoms with E-state index in [2.05, 4.69) is 24.9 Å². The summed E-state index contributed by atoms with van der Waals surface area (Å²) in [5.74, 6) is 2.60. The molecule has 1 unspecified atom stereocenters. The van der Waals surface area contributed by atoms with Crippen molar-refractivity contribution in [3.63, 3.8) is 0 Å². The highest BCUT2D eigenvalue weighted by molar-refractivity contribution is 4.99. The van der Waals surface area contributed by atoms with Gasteiger partial charge in [-0.15, -0.1) is 12.3 Å². The zero-order valence-corrected chi connectivity index (χ0v) is 9.29. The minimum atomic E-state index is -0.268. The lowest BCUT2D eigenvalue weighted by Crippen LogP contribution is -2.51. The molecule has 80 valence electrons. The maximum Gasteiger partial charge on any atom is 0.0732 e. The molecule has 0 saturated heterocycles. The first-order chi connectivity index (χ1) is 6.63. The van der Waals surface area contributed by atoms with Crippen molar-refractivity contribution in [1.82, 2.24) is 4.90 Å². The van der Waals surface area contributed by atoms with Crippen LogP contribution in [0.5, 0.6) is 0 Å². The van der Waals surface area contributed by atoms with Crippen LogP contribution in [0.3, 0.4) is 0 Å². The van der Waals surface area contributed by atoms with E-state index in [-0.39, 0.29) is 11.6 Å². The third-order valence-electron chi connectivity index (χ3n) is 3.54. The van der Waals surface area contributed by atoms with Gasteiger partial charge in [-0.3, -0.25) is 0 Å². The lowest BCUT2D eigenvalue weighted by atomic mass is 9.86. The summed E-state index contributed by atoms with van der Waals surface area (Å²) < 4.78 is 0. The number of aliphatic hydroxyl groups excluding tert-OH is 1. The molecule has 0 bridgehead atoms. The Labute approximate surface area is 87.3 Å². The number of likely N-dealkylation sites (N-methyl/N-ethyl adjacent to an activating group) is 1. The highest BCUT2D eigenvalue weighted by Gasteiger charge is 2.41. The minimum absolute atomic E-state index is 0.00312. The van der Waals surface area contributed by atoms with Gasteiger partial charge in [-0.1, -0.05) is 12.8 Å². The second-order valence-electron chi connectivity index (χ2n) is 4.46. The van der Waals surface area contributed by atoms with Crippen LogP contribution in [0.25, 0.3) is 0 Å². The van der Waals surface area contributed by atoms with Gasteiger partial charge in [0.1, 0.15) is 0 Å². The summed E-state index contributed by atoms with van der Waals surface area (Å²) in [5, 5.41) is 10.2. The predicted octanol–water partition coefficient (Wildman–Crippen LogP) is 1.64. The molecule has 1 N–H and O–H groups in total. The van der Waals surface area contributed by atoms with Crippen LogP contribution in [0.15, 0.2) is 0 Å². The van der Waals surface area contributed by atoms with Crippen molar-refractivity contribution in [3.05, 3.63) is 0 Å². The quantitative estimate of drug-likeness (QED) is 0.689. The van der Waals surface area contributed by atoms with E-state index in [9.17, 15) is 5.11 Å². The number of rotatable bonds is 4. The maximum absolute atomic E-state index is 10.2. The van der Waals surface area contributed by atoms with Crippen LogP contribution in [0, 0.1) is 12.3 Å². The molecule has 1 rings (SSSR count).